The minimum Gasteiger partial charge on any atom is -0.455 e. The molecule has 216 valence electrons. The van der Waals surface area contributed by atoms with Crippen LogP contribution < -0.4 is 0 Å². The Bertz CT molecular complexity index is 2460. The number of hydrogen-bond donors (Lipinski definition) is 0. The minimum atomic E-state index is 0.603. The lowest BCUT2D eigenvalue weighted by molar-refractivity contribution is 0.620. The Kier molecular flexibility index (Phi) is 6.03. The van der Waals surface area contributed by atoms with Crippen molar-refractivity contribution in [2.75, 3.05) is 0 Å². The second-order valence-corrected chi connectivity index (χ2v) is 11.1. The third-order valence-corrected chi connectivity index (χ3v) is 8.17. The van der Waals surface area contributed by atoms with Gasteiger partial charge in [0.25, 0.3) is 0 Å². The van der Waals surface area contributed by atoms with Crippen molar-refractivity contribution in [3.05, 3.63) is 146 Å². The summed E-state index contributed by atoms with van der Waals surface area (Å²) >= 11 is 0. The average molecular weight is 593 g/mol. The van der Waals surface area contributed by atoms with Crippen LogP contribution in [0.4, 0.5) is 0 Å². The van der Waals surface area contributed by atoms with Crippen LogP contribution in [0.2, 0.25) is 0 Å². The molecule has 0 radical (unpaired) electrons. The van der Waals surface area contributed by atoms with E-state index in [9.17, 15) is 0 Å². The van der Waals surface area contributed by atoms with Gasteiger partial charge >= 0.3 is 0 Å². The predicted octanol–water partition coefficient (Wildman–Crippen LogP) is 10.2. The van der Waals surface area contributed by atoms with Gasteiger partial charge in [0.15, 0.2) is 23.1 Å². The van der Waals surface area contributed by atoms with Crippen molar-refractivity contribution in [3.63, 3.8) is 0 Å². The molecule has 0 aliphatic heterocycles. The maximum atomic E-state index is 6.50. The van der Waals surface area contributed by atoms with Crippen molar-refractivity contribution in [2.45, 2.75) is 0 Å². The monoisotopic (exact) mass is 592 g/mol. The normalized spacial score (nSPS) is 11.5. The van der Waals surface area contributed by atoms with E-state index < -0.39 is 0 Å². The molecule has 0 saturated carbocycles. The quantitative estimate of drug-likeness (QED) is 0.198. The van der Waals surface area contributed by atoms with Crippen LogP contribution >= 0.6 is 0 Å². The standard InChI is InChI=1S/C40H24N4O2/c1-4-11-25(12-5-1)37-42-38(26-13-6-2-7-14-26)44-39(43-37)29-20-21-34-32(23-29)31-18-10-17-30(36(31)45-34)28-19-22-35-33(24-28)41-40(46-35)27-15-8-3-9-16-27/h1-24H. The van der Waals surface area contributed by atoms with Crippen molar-refractivity contribution < 1.29 is 8.83 Å². The Morgan fingerprint density at radius 2 is 0.957 bits per heavy atom. The number of rotatable bonds is 5. The molecule has 0 spiro atoms. The Morgan fingerprint density at radius 3 is 1.63 bits per heavy atom. The molecule has 6 aromatic carbocycles. The molecule has 3 heterocycles. The van der Waals surface area contributed by atoms with E-state index in [2.05, 4.69) is 36.4 Å². The van der Waals surface area contributed by atoms with Gasteiger partial charge in [-0.3, -0.25) is 0 Å². The molecule has 0 N–H and O–H groups in total. The van der Waals surface area contributed by atoms with E-state index >= 15 is 0 Å². The van der Waals surface area contributed by atoms with E-state index in [0.717, 1.165) is 66.4 Å². The van der Waals surface area contributed by atoms with Crippen LogP contribution in [0.3, 0.4) is 0 Å². The summed E-state index contributed by atoms with van der Waals surface area (Å²) in [4.78, 5) is 19.5. The first-order valence-electron chi connectivity index (χ1n) is 15.1. The van der Waals surface area contributed by atoms with Crippen LogP contribution in [0.5, 0.6) is 0 Å². The van der Waals surface area contributed by atoms with Crippen LogP contribution in [0.1, 0.15) is 0 Å². The zero-order chi connectivity index (χ0) is 30.5. The summed E-state index contributed by atoms with van der Waals surface area (Å²) < 4.78 is 12.6. The molecular weight excluding hydrogens is 568 g/mol. The van der Waals surface area contributed by atoms with Crippen molar-refractivity contribution in [3.8, 4) is 56.7 Å². The van der Waals surface area contributed by atoms with Gasteiger partial charge in [-0.2, -0.15) is 0 Å². The van der Waals surface area contributed by atoms with Gasteiger partial charge in [-0.05, 0) is 48.0 Å². The van der Waals surface area contributed by atoms with Crippen molar-refractivity contribution in [2.24, 2.45) is 0 Å². The van der Waals surface area contributed by atoms with Gasteiger partial charge in [0.2, 0.25) is 5.89 Å². The van der Waals surface area contributed by atoms with Gasteiger partial charge in [0, 0.05) is 38.6 Å². The highest BCUT2D eigenvalue weighted by Crippen LogP contribution is 2.38. The summed E-state index contributed by atoms with van der Waals surface area (Å²) in [6.07, 6.45) is 0. The number of nitrogens with zero attached hydrogens (tertiary/aromatic N) is 4. The first-order chi connectivity index (χ1) is 22.8. The van der Waals surface area contributed by atoms with Gasteiger partial charge in [-0.1, -0.05) is 103 Å². The summed E-state index contributed by atoms with van der Waals surface area (Å²) in [5.74, 6) is 2.46. The second kappa shape index (κ2) is 10.6. The molecule has 0 aliphatic carbocycles. The number of hydrogen-bond acceptors (Lipinski definition) is 6. The summed E-state index contributed by atoms with van der Waals surface area (Å²) in [5.41, 5.74) is 8.83. The van der Waals surface area contributed by atoms with E-state index in [1.807, 2.05) is 109 Å². The summed E-state index contributed by atoms with van der Waals surface area (Å²) in [6, 6.07) is 48.4. The molecule has 0 atom stereocenters. The van der Waals surface area contributed by atoms with Crippen molar-refractivity contribution >= 4 is 33.0 Å². The molecule has 0 aliphatic rings. The van der Waals surface area contributed by atoms with E-state index in [1.165, 1.54) is 0 Å². The first-order valence-corrected chi connectivity index (χ1v) is 15.1. The van der Waals surface area contributed by atoms with Gasteiger partial charge in [0.1, 0.15) is 16.7 Å². The van der Waals surface area contributed by atoms with E-state index in [1.54, 1.807) is 0 Å². The molecule has 0 bridgehead atoms. The summed E-state index contributed by atoms with van der Waals surface area (Å²) in [7, 11) is 0. The second-order valence-electron chi connectivity index (χ2n) is 11.1. The first kappa shape index (κ1) is 26.0. The maximum Gasteiger partial charge on any atom is 0.227 e. The number of para-hydroxylation sites is 1. The van der Waals surface area contributed by atoms with Crippen LogP contribution in [-0.4, -0.2) is 19.9 Å². The Hall–Kier alpha value is -6.40. The van der Waals surface area contributed by atoms with Crippen LogP contribution in [0.25, 0.3) is 89.8 Å². The highest BCUT2D eigenvalue weighted by atomic mass is 16.3. The summed E-state index contributed by atoms with van der Waals surface area (Å²) in [5, 5.41) is 2.01. The van der Waals surface area contributed by atoms with E-state index in [4.69, 9.17) is 28.8 Å². The Labute approximate surface area is 263 Å². The molecule has 6 heteroatoms. The average Bonchev–Trinajstić information content (AvgIpc) is 3.74. The van der Waals surface area contributed by atoms with Crippen molar-refractivity contribution in [1.29, 1.82) is 0 Å². The Morgan fingerprint density at radius 1 is 0.370 bits per heavy atom. The number of oxazole rings is 1. The lowest BCUT2D eigenvalue weighted by atomic mass is 10.0. The molecule has 0 unspecified atom stereocenters. The molecule has 46 heavy (non-hydrogen) atoms. The molecule has 3 aromatic heterocycles. The zero-order valence-electron chi connectivity index (χ0n) is 24.5. The molecule has 6 nitrogen and oxygen atoms in total. The molecule has 0 saturated heterocycles. The largest absolute Gasteiger partial charge is 0.455 e. The highest BCUT2D eigenvalue weighted by Gasteiger charge is 2.17. The SMILES string of the molecule is c1ccc(-c2nc(-c3ccccc3)nc(-c3ccc4oc5c(-c6ccc7oc(-c8ccccc8)nc7c6)cccc5c4c3)n2)cc1. The predicted molar refractivity (Wildman–Crippen MR) is 182 cm³/mol. The van der Waals surface area contributed by atoms with E-state index in [0.29, 0.717) is 23.4 Å². The van der Waals surface area contributed by atoms with Crippen LogP contribution in [0, 0.1) is 0 Å². The number of furan rings is 1. The van der Waals surface area contributed by atoms with Gasteiger partial charge in [-0.15, -0.1) is 0 Å². The fourth-order valence-corrected chi connectivity index (χ4v) is 5.90. The van der Waals surface area contributed by atoms with E-state index in [-0.39, 0.29) is 0 Å². The molecular formula is C40H24N4O2. The molecule has 9 rings (SSSR count). The van der Waals surface area contributed by atoms with Crippen LogP contribution in [0.15, 0.2) is 154 Å². The number of benzene rings is 6. The fourth-order valence-electron chi connectivity index (χ4n) is 5.90. The number of fused-ring (bicyclic) bond motifs is 4. The smallest absolute Gasteiger partial charge is 0.227 e. The van der Waals surface area contributed by atoms with Gasteiger partial charge in [0.05, 0.1) is 0 Å². The molecule has 0 amide bonds. The maximum absolute atomic E-state index is 6.50. The molecule has 0 fully saturated rings. The third-order valence-electron chi connectivity index (χ3n) is 8.17. The highest BCUT2D eigenvalue weighted by molar-refractivity contribution is 6.10. The Balaban J connectivity index is 1.16. The summed E-state index contributed by atoms with van der Waals surface area (Å²) in [6.45, 7) is 0. The topological polar surface area (TPSA) is 77.8 Å². The lowest BCUT2D eigenvalue weighted by Gasteiger charge is -2.08. The zero-order valence-corrected chi connectivity index (χ0v) is 24.5. The van der Waals surface area contributed by atoms with Gasteiger partial charge < -0.3 is 8.83 Å². The van der Waals surface area contributed by atoms with Crippen LogP contribution in [-0.2, 0) is 0 Å². The minimum absolute atomic E-state index is 0.603. The fraction of sp³-hybridized carbons (Fsp3) is 0. The third kappa shape index (κ3) is 4.52. The van der Waals surface area contributed by atoms with Gasteiger partial charge in [-0.25, -0.2) is 19.9 Å². The lowest BCUT2D eigenvalue weighted by Crippen LogP contribution is -2.00. The number of aromatic nitrogens is 4. The molecule has 9 aromatic rings. The van der Waals surface area contributed by atoms with Crippen molar-refractivity contribution in [1.82, 2.24) is 19.9 Å².